The minimum absolute atomic E-state index is 0.0815. The van der Waals surface area contributed by atoms with Crippen molar-refractivity contribution in [1.29, 1.82) is 0 Å². The van der Waals surface area contributed by atoms with Crippen LogP contribution in [0.3, 0.4) is 0 Å². The fourth-order valence-electron chi connectivity index (χ4n) is 5.00. The average Bonchev–Trinajstić information content (AvgIpc) is 2.99. The number of nitrogens with one attached hydrogen (secondary N) is 1. The van der Waals surface area contributed by atoms with Crippen molar-refractivity contribution in [2.75, 3.05) is 6.54 Å². The lowest BCUT2D eigenvalue weighted by atomic mass is 9.98. The van der Waals surface area contributed by atoms with Gasteiger partial charge in [0.2, 0.25) is 0 Å². The molecule has 0 aromatic carbocycles. The van der Waals surface area contributed by atoms with Crippen LogP contribution in [-0.4, -0.2) is 30.9 Å². The molecule has 0 amide bonds. The van der Waals surface area contributed by atoms with Crippen molar-refractivity contribution in [1.82, 2.24) is 15.3 Å². The molecular formula is C20H34ClN3OSi-. The van der Waals surface area contributed by atoms with E-state index in [9.17, 15) is 0 Å². The van der Waals surface area contributed by atoms with Crippen LogP contribution in [0.25, 0.3) is 0 Å². The first kappa shape index (κ1) is 20.2. The Morgan fingerprint density at radius 3 is 2.38 bits per heavy atom. The molecule has 0 bridgehead atoms. The number of hydrogen-bond donors (Lipinski definition) is 1. The van der Waals surface area contributed by atoms with Crippen LogP contribution in [0.4, 0.5) is 0 Å². The summed E-state index contributed by atoms with van der Waals surface area (Å²) in [5, 5.41) is 4.39. The van der Waals surface area contributed by atoms with Gasteiger partial charge in [-0.2, -0.15) is 0 Å². The van der Waals surface area contributed by atoms with Crippen molar-refractivity contribution in [3.63, 3.8) is 0 Å². The second-order valence-corrected chi connectivity index (χ2v) is 13.8. The van der Waals surface area contributed by atoms with Crippen LogP contribution < -0.4 is 5.32 Å². The highest BCUT2D eigenvalue weighted by Gasteiger charge is 2.61. The van der Waals surface area contributed by atoms with Gasteiger partial charge in [0, 0.05) is 18.8 Å². The van der Waals surface area contributed by atoms with Crippen molar-refractivity contribution in [3.05, 3.63) is 23.2 Å². The number of hydrogen-bond acceptors (Lipinski definition) is 4. The van der Waals surface area contributed by atoms with Crippen molar-refractivity contribution in [2.45, 2.75) is 77.7 Å². The molecule has 6 heteroatoms. The number of aromatic nitrogens is 2. The van der Waals surface area contributed by atoms with Gasteiger partial charge in [0.15, 0.2) is 0 Å². The SMILES string of the molecule is CC[Si-](CC)(CC)OC(CNC1C[C@@H]2[C@H](C1)C2(C)C)c1ncncc1Cl. The van der Waals surface area contributed by atoms with Crippen molar-refractivity contribution in [3.8, 4) is 0 Å². The van der Waals surface area contributed by atoms with Crippen molar-refractivity contribution < 1.29 is 4.43 Å². The molecule has 147 valence electrons. The van der Waals surface area contributed by atoms with E-state index in [-0.39, 0.29) is 6.10 Å². The van der Waals surface area contributed by atoms with E-state index in [4.69, 9.17) is 16.0 Å². The van der Waals surface area contributed by atoms with E-state index in [0.29, 0.717) is 16.5 Å². The molecule has 4 atom stereocenters. The molecule has 1 heterocycles. The smallest absolute Gasteiger partial charge is 0.115 e. The van der Waals surface area contributed by atoms with Gasteiger partial charge in [-0.05, 0) is 38.4 Å². The molecule has 26 heavy (non-hydrogen) atoms. The Morgan fingerprint density at radius 2 is 1.85 bits per heavy atom. The number of rotatable bonds is 9. The van der Waals surface area contributed by atoms with Crippen LogP contribution >= 0.6 is 11.6 Å². The highest BCUT2D eigenvalue weighted by Crippen LogP contribution is 2.66. The third kappa shape index (κ3) is 3.86. The zero-order valence-electron chi connectivity index (χ0n) is 16.9. The van der Waals surface area contributed by atoms with E-state index in [1.54, 1.807) is 12.5 Å². The summed E-state index contributed by atoms with van der Waals surface area (Å²) in [7, 11) is -1.75. The van der Waals surface area contributed by atoms with Crippen LogP contribution in [-0.2, 0) is 4.43 Å². The summed E-state index contributed by atoms with van der Waals surface area (Å²) in [5.74, 6) is 1.80. The maximum absolute atomic E-state index is 6.79. The molecule has 2 saturated carbocycles. The molecule has 0 aliphatic heterocycles. The van der Waals surface area contributed by atoms with Gasteiger partial charge in [-0.1, -0.05) is 46.2 Å². The van der Waals surface area contributed by atoms with Crippen LogP contribution in [0, 0.1) is 17.3 Å². The predicted octanol–water partition coefficient (Wildman–Crippen LogP) is 5.22. The lowest BCUT2D eigenvalue weighted by molar-refractivity contribution is 0.174. The Bertz CT molecular complexity index is 601. The summed E-state index contributed by atoms with van der Waals surface area (Å²) in [6.45, 7) is 12.4. The zero-order chi connectivity index (χ0) is 18.9. The number of nitrogens with zero attached hydrogens (tertiary/aromatic N) is 2. The lowest BCUT2D eigenvalue weighted by Crippen LogP contribution is -2.41. The molecule has 0 radical (unpaired) electrons. The molecule has 2 fully saturated rings. The van der Waals surface area contributed by atoms with Crippen LogP contribution in [0.2, 0.25) is 23.2 Å². The van der Waals surface area contributed by atoms with Crippen molar-refractivity contribution in [2.24, 2.45) is 17.3 Å². The summed E-state index contributed by atoms with van der Waals surface area (Å²) in [5.41, 5.74) is 1.41. The van der Waals surface area contributed by atoms with Crippen LogP contribution in [0.5, 0.6) is 0 Å². The maximum Gasteiger partial charge on any atom is 0.115 e. The molecule has 4 nitrogen and oxygen atoms in total. The molecule has 1 N–H and O–H groups in total. The Kier molecular flexibility index (Phi) is 6.12. The minimum Gasteiger partial charge on any atom is -0.557 e. The second kappa shape index (κ2) is 7.86. The van der Waals surface area contributed by atoms with E-state index < -0.39 is 8.32 Å². The molecule has 0 saturated heterocycles. The summed E-state index contributed by atoms with van der Waals surface area (Å²) in [4.78, 5) is 8.52. The van der Waals surface area contributed by atoms with E-state index in [0.717, 1.165) is 42.2 Å². The summed E-state index contributed by atoms with van der Waals surface area (Å²) >= 11 is 6.42. The van der Waals surface area contributed by atoms with Crippen LogP contribution in [0.1, 0.15) is 59.3 Å². The van der Waals surface area contributed by atoms with Gasteiger partial charge in [-0.25, -0.2) is 9.97 Å². The van der Waals surface area contributed by atoms with E-state index in [1.807, 2.05) is 0 Å². The largest absolute Gasteiger partial charge is 0.557 e. The zero-order valence-corrected chi connectivity index (χ0v) is 18.6. The molecule has 1 aromatic heterocycles. The van der Waals surface area contributed by atoms with Crippen LogP contribution in [0.15, 0.2) is 12.5 Å². The van der Waals surface area contributed by atoms with Gasteiger partial charge < -0.3 is 9.74 Å². The molecule has 2 aliphatic carbocycles. The monoisotopic (exact) mass is 395 g/mol. The van der Waals surface area contributed by atoms with E-state index in [2.05, 4.69) is 49.9 Å². The van der Waals surface area contributed by atoms with Gasteiger partial charge in [0.05, 0.1) is 16.8 Å². The standard InChI is InChI=1S/C20H34ClN3OSi/c1-6-26(7-2,8-3)25-18(19-17(21)11-22-13-24-19)12-23-14-9-15-16(10-14)20(15,4)5/h11,13-16,18,23H,6-10,12H2,1-5H3/q-1/t14?,15-,16+,18?. The lowest BCUT2D eigenvalue weighted by Gasteiger charge is -2.45. The maximum atomic E-state index is 6.79. The van der Waals surface area contributed by atoms with Gasteiger partial charge in [-0.15, -0.1) is 18.1 Å². The third-order valence-corrected chi connectivity index (χ3v) is 12.2. The topological polar surface area (TPSA) is 47.0 Å². The summed E-state index contributed by atoms with van der Waals surface area (Å²) in [6.07, 6.45) is 5.76. The molecule has 3 rings (SSSR count). The van der Waals surface area contributed by atoms with E-state index in [1.165, 1.54) is 12.8 Å². The second-order valence-electron chi connectivity index (χ2n) is 8.72. The quantitative estimate of drug-likeness (QED) is 0.582. The third-order valence-electron chi connectivity index (χ3n) is 7.28. The van der Waals surface area contributed by atoms with Crippen molar-refractivity contribution >= 4 is 19.9 Å². The van der Waals surface area contributed by atoms with Gasteiger partial charge in [-0.3, -0.25) is 0 Å². The molecule has 1 aromatic rings. The molecule has 2 aliphatic rings. The summed E-state index contributed by atoms with van der Waals surface area (Å²) < 4.78 is 6.79. The first-order valence-electron chi connectivity index (χ1n) is 10.2. The Balaban J connectivity index is 1.69. The summed E-state index contributed by atoms with van der Waals surface area (Å²) in [6, 6.07) is 3.98. The number of fused-ring (bicyclic) bond motifs is 1. The Hall–Kier alpha value is -0.493. The molecule has 0 spiro atoms. The predicted molar refractivity (Wildman–Crippen MR) is 110 cm³/mol. The minimum atomic E-state index is -1.75. The highest BCUT2D eigenvalue weighted by atomic mass is 35.5. The van der Waals surface area contributed by atoms with Gasteiger partial charge in [0.1, 0.15) is 6.33 Å². The van der Waals surface area contributed by atoms with Gasteiger partial charge >= 0.3 is 0 Å². The Labute approximate surface area is 164 Å². The molecular weight excluding hydrogens is 362 g/mol. The fraction of sp³-hybridized carbons (Fsp3) is 0.800. The van der Waals surface area contributed by atoms with E-state index >= 15 is 0 Å². The highest BCUT2D eigenvalue weighted by molar-refractivity contribution is 6.73. The first-order valence-corrected chi connectivity index (χ1v) is 13.1. The number of halogens is 1. The molecule has 2 unspecified atom stereocenters. The fourth-order valence-corrected chi connectivity index (χ4v) is 8.02. The Morgan fingerprint density at radius 1 is 1.23 bits per heavy atom. The van der Waals surface area contributed by atoms with Gasteiger partial charge in [0.25, 0.3) is 0 Å². The average molecular weight is 396 g/mol. The normalized spacial score (nSPS) is 28.0. The first-order chi connectivity index (χ1) is 12.4.